The number of nitrogens with zero attached hydrogens (tertiary/aromatic N) is 6. The Morgan fingerprint density at radius 1 is 1.02 bits per heavy atom. The van der Waals surface area contributed by atoms with Gasteiger partial charge in [-0.2, -0.15) is 4.39 Å². The molecule has 2 aromatic carbocycles. The first kappa shape index (κ1) is 31.9. The first-order valence-electron chi connectivity index (χ1n) is 15.9. The van der Waals surface area contributed by atoms with Crippen molar-refractivity contribution in [1.82, 2.24) is 24.3 Å². The van der Waals surface area contributed by atoms with Gasteiger partial charge in [-0.25, -0.2) is 32.2 Å². The molecule has 0 aliphatic carbocycles. The molecule has 0 bridgehead atoms. The molecule has 1 aliphatic heterocycles. The summed E-state index contributed by atoms with van der Waals surface area (Å²) in [4.78, 5) is 28.9. The van der Waals surface area contributed by atoms with E-state index in [2.05, 4.69) is 4.98 Å². The number of rotatable bonds is 8. The Kier molecular flexibility index (Phi) is 7.42. The molecular formula is C36H29F3N6O4S. The lowest BCUT2D eigenvalue weighted by Crippen LogP contribution is -2.47. The van der Waals surface area contributed by atoms with Crippen molar-refractivity contribution in [2.75, 3.05) is 30.7 Å². The van der Waals surface area contributed by atoms with Crippen molar-refractivity contribution in [2.45, 2.75) is 26.1 Å². The number of benzene rings is 2. The average molecular weight is 699 g/mol. The molecule has 8 rings (SSSR count). The van der Waals surface area contributed by atoms with Gasteiger partial charge in [0, 0.05) is 60.7 Å². The number of fused-ring (bicyclic) bond motifs is 6. The number of ketones is 1. The second-order valence-electron chi connectivity index (χ2n) is 12.5. The fraction of sp³-hybridized carbons (Fsp3) is 0.222. The fourth-order valence-corrected chi connectivity index (χ4v) is 7.11. The number of hydrogen-bond acceptors (Lipinski definition) is 8. The summed E-state index contributed by atoms with van der Waals surface area (Å²) in [5.74, 6) is -0.587. The van der Waals surface area contributed by atoms with Crippen molar-refractivity contribution >= 4 is 59.9 Å². The normalized spacial score (nSPS) is 14.3. The number of carbonyl (C=O) groups is 1. The zero-order chi connectivity index (χ0) is 35.1. The predicted molar refractivity (Wildman–Crippen MR) is 184 cm³/mol. The van der Waals surface area contributed by atoms with E-state index in [1.54, 1.807) is 43.3 Å². The molecule has 7 aromatic rings. The summed E-state index contributed by atoms with van der Waals surface area (Å²) in [7, 11) is -2.40. The highest BCUT2D eigenvalue weighted by molar-refractivity contribution is 7.92. The van der Waals surface area contributed by atoms with Crippen LogP contribution >= 0.6 is 0 Å². The maximum absolute atomic E-state index is 15.1. The zero-order valence-corrected chi connectivity index (χ0v) is 27.9. The van der Waals surface area contributed by atoms with Gasteiger partial charge in [-0.1, -0.05) is 13.0 Å². The summed E-state index contributed by atoms with van der Waals surface area (Å²) in [6.45, 7) is 2.61. The van der Waals surface area contributed by atoms with Gasteiger partial charge in [0.15, 0.2) is 5.78 Å². The maximum atomic E-state index is 15.1. The summed E-state index contributed by atoms with van der Waals surface area (Å²) < 4.78 is 77.5. The summed E-state index contributed by atoms with van der Waals surface area (Å²) in [6.07, 6.45) is 1.57. The van der Waals surface area contributed by atoms with Crippen LogP contribution in [-0.2, 0) is 16.6 Å². The molecule has 254 valence electrons. The molecule has 6 heterocycles. The number of furan rings is 1. The standard InChI is InChI=1S/C36H29F3N6O4S/c1-4-30(46)34-23-12-22(28(43(2)50(3,47)48)14-31(23)49-36(34)19-8-11-32(39)40-15-19)25-9-10-26-35(42-25)29-13-21-24(38)6-5-7-27(21)45(29)33(41-26)18-44-16-20(37)17-44/h5-15,20H,4,16-18H2,1-3H3. The van der Waals surface area contributed by atoms with Crippen molar-refractivity contribution in [3.8, 4) is 22.6 Å². The van der Waals surface area contributed by atoms with Crippen molar-refractivity contribution in [3.05, 3.63) is 90.0 Å². The summed E-state index contributed by atoms with van der Waals surface area (Å²) in [5.41, 5.74) is 3.90. The molecule has 1 fully saturated rings. The van der Waals surface area contributed by atoms with Gasteiger partial charge < -0.3 is 4.42 Å². The highest BCUT2D eigenvalue weighted by atomic mass is 32.2. The largest absolute Gasteiger partial charge is 0.455 e. The quantitative estimate of drug-likeness (QED) is 0.124. The molecule has 0 N–H and O–H groups in total. The minimum Gasteiger partial charge on any atom is -0.455 e. The van der Waals surface area contributed by atoms with E-state index < -0.39 is 28.0 Å². The Hall–Kier alpha value is -5.34. The van der Waals surface area contributed by atoms with Gasteiger partial charge in [-0.15, -0.1) is 0 Å². The van der Waals surface area contributed by atoms with E-state index in [4.69, 9.17) is 14.4 Å². The Morgan fingerprint density at radius 2 is 1.82 bits per heavy atom. The number of Topliss-reactive ketones (excluding diaryl/α,β-unsaturated/α-hetero) is 1. The van der Waals surface area contributed by atoms with Crippen LogP contribution < -0.4 is 4.31 Å². The third-order valence-corrected chi connectivity index (χ3v) is 10.4. The first-order valence-corrected chi connectivity index (χ1v) is 17.7. The van der Waals surface area contributed by atoms with Crippen LogP contribution in [0.25, 0.3) is 61.0 Å². The molecular weight excluding hydrogens is 669 g/mol. The van der Waals surface area contributed by atoms with E-state index >= 15 is 4.39 Å². The zero-order valence-electron chi connectivity index (χ0n) is 27.1. The van der Waals surface area contributed by atoms with Crippen LogP contribution in [0.3, 0.4) is 0 Å². The number of hydrogen-bond donors (Lipinski definition) is 0. The lowest BCUT2D eigenvalue weighted by atomic mass is 9.98. The van der Waals surface area contributed by atoms with Crippen LogP contribution in [0, 0.1) is 11.8 Å². The highest BCUT2D eigenvalue weighted by Gasteiger charge is 2.29. The van der Waals surface area contributed by atoms with Crippen molar-refractivity contribution in [3.63, 3.8) is 0 Å². The van der Waals surface area contributed by atoms with E-state index in [1.165, 1.54) is 31.4 Å². The van der Waals surface area contributed by atoms with Crippen molar-refractivity contribution in [1.29, 1.82) is 0 Å². The number of sulfonamides is 1. The molecule has 0 radical (unpaired) electrons. The fourth-order valence-electron chi connectivity index (χ4n) is 6.60. The highest BCUT2D eigenvalue weighted by Crippen LogP contribution is 2.42. The van der Waals surface area contributed by atoms with Crippen molar-refractivity contribution in [2.24, 2.45) is 0 Å². The molecule has 0 amide bonds. The van der Waals surface area contributed by atoms with E-state index in [1.807, 2.05) is 9.30 Å². The Balaban J connectivity index is 1.40. The third-order valence-electron chi connectivity index (χ3n) is 9.20. The number of carbonyl (C=O) groups excluding carboxylic acids is 1. The number of aromatic nitrogens is 4. The van der Waals surface area contributed by atoms with E-state index in [0.29, 0.717) is 62.0 Å². The van der Waals surface area contributed by atoms with E-state index in [0.717, 1.165) is 16.6 Å². The van der Waals surface area contributed by atoms with Crippen LogP contribution in [0.1, 0.15) is 29.5 Å². The predicted octanol–water partition coefficient (Wildman–Crippen LogP) is 6.93. The lowest BCUT2D eigenvalue weighted by Gasteiger charge is -2.34. The number of pyridine rings is 2. The second kappa shape index (κ2) is 11.6. The van der Waals surface area contributed by atoms with E-state index in [-0.39, 0.29) is 47.9 Å². The van der Waals surface area contributed by atoms with Crippen LogP contribution in [-0.4, -0.2) is 71.0 Å². The monoisotopic (exact) mass is 698 g/mol. The summed E-state index contributed by atoms with van der Waals surface area (Å²) in [5, 5.41) is 0.777. The minimum absolute atomic E-state index is 0.137. The van der Waals surface area contributed by atoms with Gasteiger partial charge in [0.25, 0.3) is 0 Å². The van der Waals surface area contributed by atoms with Crippen LogP contribution in [0.4, 0.5) is 18.9 Å². The van der Waals surface area contributed by atoms with Crippen LogP contribution in [0.5, 0.6) is 0 Å². The Labute approximate surface area is 283 Å². The van der Waals surface area contributed by atoms with Gasteiger partial charge in [0.2, 0.25) is 16.0 Å². The summed E-state index contributed by atoms with van der Waals surface area (Å²) in [6, 6.07) is 15.7. The van der Waals surface area contributed by atoms with Crippen molar-refractivity contribution < 1.29 is 30.8 Å². The Bertz CT molecular complexity index is 2630. The molecule has 0 unspecified atom stereocenters. The van der Waals surface area contributed by atoms with Gasteiger partial charge in [0.05, 0.1) is 46.3 Å². The maximum Gasteiger partial charge on any atom is 0.232 e. The second-order valence-corrected chi connectivity index (χ2v) is 14.5. The molecule has 10 nitrogen and oxygen atoms in total. The smallest absolute Gasteiger partial charge is 0.232 e. The minimum atomic E-state index is -3.80. The van der Waals surface area contributed by atoms with Gasteiger partial charge in [-0.3, -0.25) is 18.4 Å². The molecule has 50 heavy (non-hydrogen) atoms. The van der Waals surface area contributed by atoms with Crippen LogP contribution in [0.2, 0.25) is 0 Å². The van der Waals surface area contributed by atoms with Crippen LogP contribution in [0.15, 0.2) is 71.3 Å². The first-order chi connectivity index (χ1) is 23.9. The Morgan fingerprint density at radius 3 is 2.52 bits per heavy atom. The number of halogens is 3. The average Bonchev–Trinajstić information content (AvgIpc) is 3.66. The molecule has 0 atom stereocenters. The van der Waals surface area contributed by atoms with Gasteiger partial charge in [-0.05, 0) is 48.5 Å². The van der Waals surface area contributed by atoms with Gasteiger partial charge in [0.1, 0.15) is 34.7 Å². The molecule has 14 heteroatoms. The lowest BCUT2D eigenvalue weighted by molar-refractivity contribution is 0.0567. The number of anilines is 1. The molecule has 0 saturated carbocycles. The number of alkyl halides is 1. The molecule has 1 saturated heterocycles. The summed E-state index contributed by atoms with van der Waals surface area (Å²) >= 11 is 0. The third kappa shape index (κ3) is 5.17. The van der Waals surface area contributed by atoms with E-state index in [9.17, 15) is 22.0 Å². The molecule has 1 aliphatic rings. The topological polar surface area (TPSA) is 114 Å². The number of likely N-dealkylation sites (tertiary alicyclic amines) is 1. The SMILES string of the molecule is CCC(=O)c1c(-c2ccc(F)nc2)oc2cc(N(C)S(C)(=O)=O)c(-c3ccc4nc(CN5CC(F)C5)n5c6cccc(F)c6cc5c4n3)cc12. The van der Waals surface area contributed by atoms with Gasteiger partial charge >= 0.3 is 0 Å². The molecule has 5 aromatic heterocycles. The molecule has 0 spiro atoms.